The van der Waals surface area contributed by atoms with Crippen molar-refractivity contribution in [1.82, 2.24) is 10.2 Å². The standard InChI is InChI=1S/C25H20Cl2N2O6/c1-2-33-21-12-16(11-20(27)22(21)35-14-15-5-7-17(26)8-6-15)10-19-23(30)28-25(32)29(24(19)31)13-18-4-3-9-34-18/h3-12H,2,13-14H2,1H3,(H,28,30,32)/b19-10+. The van der Waals surface area contributed by atoms with Crippen molar-refractivity contribution in [2.24, 2.45) is 0 Å². The average molecular weight is 515 g/mol. The Kier molecular flexibility index (Phi) is 7.43. The smallest absolute Gasteiger partial charge is 0.331 e. The average Bonchev–Trinajstić information content (AvgIpc) is 3.34. The molecule has 0 saturated carbocycles. The molecule has 0 radical (unpaired) electrons. The molecule has 2 aromatic carbocycles. The summed E-state index contributed by atoms with van der Waals surface area (Å²) >= 11 is 12.4. The number of carbonyl (C=O) groups excluding carboxylic acids is 3. The fourth-order valence-corrected chi connectivity index (χ4v) is 3.77. The third-order valence-electron chi connectivity index (χ3n) is 5.02. The van der Waals surface area contributed by atoms with Crippen LogP contribution in [0.25, 0.3) is 6.08 Å². The molecule has 2 heterocycles. The van der Waals surface area contributed by atoms with Crippen molar-refractivity contribution in [3.05, 3.63) is 87.3 Å². The van der Waals surface area contributed by atoms with Crippen LogP contribution >= 0.6 is 23.2 Å². The second-order valence-corrected chi connectivity index (χ2v) is 8.31. The van der Waals surface area contributed by atoms with Gasteiger partial charge in [-0.3, -0.25) is 19.8 Å². The Labute approximate surface area is 211 Å². The molecule has 35 heavy (non-hydrogen) atoms. The van der Waals surface area contributed by atoms with Crippen LogP contribution in [0.15, 0.2) is 64.8 Å². The number of ether oxygens (including phenoxy) is 2. The van der Waals surface area contributed by atoms with Crippen LogP contribution in [0.1, 0.15) is 23.8 Å². The predicted octanol–water partition coefficient (Wildman–Crippen LogP) is 5.23. The lowest BCUT2D eigenvalue weighted by atomic mass is 10.1. The Balaban J connectivity index is 1.61. The van der Waals surface area contributed by atoms with E-state index in [1.165, 1.54) is 12.3 Å². The number of hydrogen-bond acceptors (Lipinski definition) is 6. The third kappa shape index (κ3) is 5.67. The number of carbonyl (C=O) groups is 3. The van der Waals surface area contributed by atoms with Gasteiger partial charge < -0.3 is 13.9 Å². The number of hydrogen-bond donors (Lipinski definition) is 1. The summed E-state index contributed by atoms with van der Waals surface area (Å²) in [4.78, 5) is 38.5. The van der Waals surface area contributed by atoms with Crippen LogP contribution in [0.3, 0.4) is 0 Å². The highest BCUT2D eigenvalue weighted by molar-refractivity contribution is 6.33. The van der Waals surface area contributed by atoms with Crippen molar-refractivity contribution in [2.45, 2.75) is 20.1 Å². The lowest BCUT2D eigenvalue weighted by Gasteiger charge is -2.25. The first kappa shape index (κ1) is 24.4. The van der Waals surface area contributed by atoms with Crippen LogP contribution in [-0.4, -0.2) is 29.4 Å². The van der Waals surface area contributed by atoms with Gasteiger partial charge in [-0.1, -0.05) is 35.3 Å². The minimum atomic E-state index is -0.826. The molecule has 1 N–H and O–H groups in total. The quantitative estimate of drug-likeness (QED) is 0.326. The summed E-state index contributed by atoms with van der Waals surface area (Å²) in [6, 6.07) is 12.8. The molecule has 1 aromatic heterocycles. The van der Waals surface area contributed by atoms with Crippen molar-refractivity contribution in [3.63, 3.8) is 0 Å². The van der Waals surface area contributed by atoms with Crippen molar-refractivity contribution >= 4 is 47.1 Å². The summed E-state index contributed by atoms with van der Waals surface area (Å²) in [6.07, 6.45) is 2.77. The van der Waals surface area contributed by atoms with Gasteiger partial charge in [-0.05, 0) is 60.5 Å². The molecule has 1 aliphatic rings. The van der Waals surface area contributed by atoms with Gasteiger partial charge in [0, 0.05) is 5.02 Å². The number of halogens is 2. The first-order valence-electron chi connectivity index (χ1n) is 10.6. The van der Waals surface area contributed by atoms with Crippen molar-refractivity contribution in [2.75, 3.05) is 6.61 Å². The Morgan fingerprint density at radius 1 is 1.06 bits per heavy atom. The molecule has 1 saturated heterocycles. The number of furan rings is 1. The zero-order valence-corrected chi connectivity index (χ0v) is 20.1. The monoisotopic (exact) mass is 514 g/mol. The number of imide groups is 2. The predicted molar refractivity (Wildman–Crippen MR) is 129 cm³/mol. The second kappa shape index (κ2) is 10.7. The molecule has 1 fully saturated rings. The summed E-state index contributed by atoms with van der Waals surface area (Å²) in [7, 11) is 0. The summed E-state index contributed by atoms with van der Waals surface area (Å²) in [5, 5.41) is 3.01. The summed E-state index contributed by atoms with van der Waals surface area (Å²) in [6.45, 7) is 2.24. The highest BCUT2D eigenvalue weighted by atomic mass is 35.5. The molecule has 0 unspecified atom stereocenters. The van der Waals surface area contributed by atoms with E-state index in [-0.39, 0.29) is 23.7 Å². The minimum absolute atomic E-state index is 0.120. The summed E-state index contributed by atoms with van der Waals surface area (Å²) in [5.74, 6) is -0.515. The van der Waals surface area contributed by atoms with E-state index in [0.717, 1.165) is 10.5 Å². The van der Waals surface area contributed by atoms with Gasteiger partial charge in [-0.25, -0.2) is 4.79 Å². The molecule has 0 bridgehead atoms. The van der Waals surface area contributed by atoms with E-state index in [1.807, 2.05) is 12.1 Å². The fraction of sp³-hybridized carbons (Fsp3) is 0.160. The van der Waals surface area contributed by atoms with Crippen LogP contribution in [-0.2, 0) is 22.7 Å². The number of rotatable bonds is 8. The molecule has 180 valence electrons. The molecule has 10 heteroatoms. The van der Waals surface area contributed by atoms with E-state index in [4.69, 9.17) is 37.1 Å². The number of amides is 4. The normalized spacial score (nSPS) is 14.9. The van der Waals surface area contributed by atoms with Gasteiger partial charge in [0.2, 0.25) is 0 Å². The maximum Gasteiger partial charge on any atom is 0.331 e. The van der Waals surface area contributed by atoms with Gasteiger partial charge >= 0.3 is 6.03 Å². The van der Waals surface area contributed by atoms with Crippen LogP contribution in [0, 0.1) is 0 Å². The van der Waals surface area contributed by atoms with Crippen LogP contribution in [0.2, 0.25) is 10.0 Å². The molecule has 0 aliphatic carbocycles. The van der Waals surface area contributed by atoms with Gasteiger partial charge in [-0.2, -0.15) is 0 Å². The van der Waals surface area contributed by atoms with Crippen molar-refractivity contribution in [3.8, 4) is 11.5 Å². The van der Waals surface area contributed by atoms with Crippen LogP contribution in [0.4, 0.5) is 4.79 Å². The number of benzene rings is 2. The lowest BCUT2D eigenvalue weighted by molar-refractivity contribution is -0.130. The fourth-order valence-electron chi connectivity index (χ4n) is 3.37. The second-order valence-electron chi connectivity index (χ2n) is 7.47. The number of urea groups is 1. The first-order valence-corrected chi connectivity index (χ1v) is 11.4. The minimum Gasteiger partial charge on any atom is -0.490 e. The molecular formula is C25H20Cl2N2O6. The van der Waals surface area contributed by atoms with Crippen molar-refractivity contribution in [1.29, 1.82) is 0 Å². The van der Waals surface area contributed by atoms with Crippen LogP contribution in [0.5, 0.6) is 11.5 Å². The maximum atomic E-state index is 13.0. The van der Waals surface area contributed by atoms with E-state index in [2.05, 4.69) is 5.32 Å². The van der Waals surface area contributed by atoms with E-state index in [9.17, 15) is 14.4 Å². The Morgan fingerprint density at radius 2 is 1.83 bits per heavy atom. The summed E-state index contributed by atoms with van der Waals surface area (Å²) < 4.78 is 16.8. The molecule has 0 spiro atoms. The SMILES string of the molecule is CCOc1cc(/C=C2\C(=O)NC(=O)N(Cc3ccco3)C2=O)cc(Cl)c1OCc1ccc(Cl)cc1. The van der Waals surface area contributed by atoms with E-state index >= 15 is 0 Å². The number of nitrogens with zero attached hydrogens (tertiary/aromatic N) is 1. The molecule has 8 nitrogen and oxygen atoms in total. The lowest BCUT2D eigenvalue weighted by Crippen LogP contribution is -2.53. The van der Waals surface area contributed by atoms with E-state index in [1.54, 1.807) is 43.3 Å². The number of barbiturate groups is 1. The molecule has 4 amide bonds. The van der Waals surface area contributed by atoms with E-state index in [0.29, 0.717) is 34.5 Å². The summed E-state index contributed by atoms with van der Waals surface area (Å²) in [5.41, 5.74) is 1.07. The topological polar surface area (TPSA) is 98.1 Å². The Morgan fingerprint density at radius 3 is 2.51 bits per heavy atom. The maximum absolute atomic E-state index is 13.0. The largest absolute Gasteiger partial charge is 0.490 e. The Bertz CT molecular complexity index is 1290. The highest BCUT2D eigenvalue weighted by Crippen LogP contribution is 2.38. The van der Waals surface area contributed by atoms with Gasteiger partial charge in [0.15, 0.2) is 11.5 Å². The van der Waals surface area contributed by atoms with Gasteiger partial charge in [-0.15, -0.1) is 0 Å². The Hall–Kier alpha value is -3.75. The highest BCUT2D eigenvalue weighted by Gasteiger charge is 2.36. The van der Waals surface area contributed by atoms with Gasteiger partial charge in [0.05, 0.1) is 24.4 Å². The van der Waals surface area contributed by atoms with Crippen molar-refractivity contribution < 1.29 is 28.3 Å². The number of nitrogens with one attached hydrogen (secondary N) is 1. The first-order chi connectivity index (χ1) is 16.9. The molecule has 0 atom stereocenters. The molecule has 3 aromatic rings. The van der Waals surface area contributed by atoms with Crippen LogP contribution < -0.4 is 14.8 Å². The van der Waals surface area contributed by atoms with Gasteiger partial charge in [0.25, 0.3) is 11.8 Å². The molecular weight excluding hydrogens is 495 g/mol. The third-order valence-corrected chi connectivity index (χ3v) is 5.55. The zero-order chi connectivity index (χ0) is 24.9. The molecule has 1 aliphatic heterocycles. The molecule has 4 rings (SSSR count). The van der Waals surface area contributed by atoms with E-state index < -0.39 is 17.8 Å². The zero-order valence-electron chi connectivity index (χ0n) is 18.5. The van der Waals surface area contributed by atoms with Gasteiger partial charge in [0.1, 0.15) is 17.9 Å².